The second-order valence-electron chi connectivity index (χ2n) is 4.83. The molecule has 4 heteroatoms. The molecule has 0 aliphatic carbocycles. The van der Waals surface area contributed by atoms with Crippen molar-refractivity contribution < 1.29 is 9.90 Å². The van der Waals surface area contributed by atoms with Gasteiger partial charge in [0.15, 0.2) is 5.60 Å². The second-order valence-corrected chi connectivity index (χ2v) is 4.83. The fourth-order valence-electron chi connectivity index (χ4n) is 2.20. The minimum atomic E-state index is -1.33. The van der Waals surface area contributed by atoms with E-state index in [2.05, 4.69) is 0 Å². The van der Waals surface area contributed by atoms with Gasteiger partial charge in [-0.25, -0.2) is 0 Å². The number of aryl methyl sites for hydroxylation is 1. The van der Waals surface area contributed by atoms with Crippen LogP contribution in [0.4, 0.5) is 5.69 Å². The summed E-state index contributed by atoms with van der Waals surface area (Å²) in [4.78, 5) is 11.9. The van der Waals surface area contributed by atoms with Gasteiger partial charge in [-0.05, 0) is 32.9 Å². The van der Waals surface area contributed by atoms with Crippen molar-refractivity contribution in [3.63, 3.8) is 0 Å². The van der Waals surface area contributed by atoms with Gasteiger partial charge in [0, 0.05) is 7.05 Å². The lowest BCUT2D eigenvalue weighted by atomic mass is 9.99. The van der Waals surface area contributed by atoms with Crippen molar-refractivity contribution in [3.8, 4) is 0 Å². The van der Waals surface area contributed by atoms with Crippen LogP contribution < -0.4 is 5.01 Å². The average Bonchev–Trinajstić information content (AvgIpc) is 2.43. The van der Waals surface area contributed by atoms with Crippen molar-refractivity contribution in [2.24, 2.45) is 0 Å². The molecule has 1 aliphatic rings. The maximum atomic E-state index is 11.9. The van der Waals surface area contributed by atoms with Crippen LogP contribution >= 0.6 is 0 Å². The summed E-state index contributed by atoms with van der Waals surface area (Å²) in [7, 11) is 1.68. The van der Waals surface area contributed by atoms with Gasteiger partial charge in [-0.2, -0.15) is 0 Å². The van der Waals surface area contributed by atoms with E-state index < -0.39 is 5.60 Å². The lowest BCUT2D eigenvalue weighted by molar-refractivity contribution is -0.141. The van der Waals surface area contributed by atoms with Crippen LogP contribution in [0.3, 0.4) is 0 Å². The van der Waals surface area contributed by atoms with Crippen molar-refractivity contribution in [1.29, 1.82) is 0 Å². The zero-order valence-corrected chi connectivity index (χ0v) is 10.6. The zero-order chi connectivity index (χ0) is 12.8. The SMILES string of the molecule is Cc1ccc(N2C(C)C(C)(O)C(=O)N2C)cc1. The average molecular weight is 234 g/mol. The van der Waals surface area contributed by atoms with E-state index in [1.807, 2.05) is 43.1 Å². The molecule has 1 aliphatic heterocycles. The van der Waals surface area contributed by atoms with E-state index in [-0.39, 0.29) is 11.9 Å². The number of hydrogen-bond donors (Lipinski definition) is 1. The largest absolute Gasteiger partial charge is 0.378 e. The monoisotopic (exact) mass is 234 g/mol. The highest BCUT2D eigenvalue weighted by Crippen LogP contribution is 2.32. The normalized spacial score (nSPS) is 29.0. The van der Waals surface area contributed by atoms with E-state index in [4.69, 9.17) is 0 Å². The van der Waals surface area contributed by atoms with Gasteiger partial charge in [-0.15, -0.1) is 0 Å². The molecule has 2 atom stereocenters. The van der Waals surface area contributed by atoms with E-state index in [9.17, 15) is 9.90 Å². The number of aliphatic hydroxyl groups is 1. The molecule has 0 radical (unpaired) electrons. The van der Waals surface area contributed by atoms with Crippen LogP contribution in [0.5, 0.6) is 0 Å². The van der Waals surface area contributed by atoms with Gasteiger partial charge >= 0.3 is 0 Å². The fraction of sp³-hybridized carbons (Fsp3) is 0.462. The second kappa shape index (κ2) is 3.74. The highest BCUT2D eigenvalue weighted by molar-refractivity contribution is 5.90. The van der Waals surface area contributed by atoms with Crippen molar-refractivity contribution in [2.45, 2.75) is 32.4 Å². The van der Waals surface area contributed by atoms with Crippen LogP contribution in [-0.2, 0) is 4.79 Å². The lowest BCUT2D eigenvalue weighted by Crippen LogP contribution is -2.43. The molecule has 92 valence electrons. The van der Waals surface area contributed by atoms with Crippen LogP contribution in [0.2, 0.25) is 0 Å². The molecular weight excluding hydrogens is 216 g/mol. The van der Waals surface area contributed by atoms with Crippen LogP contribution in [0.15, 0.2) is 24.3 Å². The van der Waals surface area contributed by atoms with Crippen molar-refractivity contribution >= 4 is 11.6 Å². The Kier molecular flexibility index (Phi) is 2.62. The van der Waals surface area contributed by atoms with Gasteiger partial charge in [0.2, 0.25) is 0 Å². The summed E-state index contributed by atoms with van der Waals surface area (Å²) in [6.45, 7) is 5.42. The first-order chi connectivity index (χ1) is 7.85. The smallest absolute Gasteiger partial charge is 0.274 e. The molecule has 1 fully saturated rings. The Labute approximate surface area is 101 Å². The molecule has 0 saturated carbocycles. The predicted molar refractivity (Wildman–Crippen MR) is 66.5 cm³/mol. The Morgan fingerprint density at radius 1 is 1.29 bits per heavy atom. The van der Waals surface area contributed by atoms with Gasteiger partial charge in [0.05, 0.1) is 11.7 Å². The minimum Gasteiger partial charge on any atom is -0.378 e. The quantitative estimate of drug-likeness (QED) is 0.797. The molecule has 0 spiro atoms. The molecule has 1 aromatic carbocycles. The number of anilines is 1. The summed E-state index contributed by atoms with van der Waals surface area (Å²) in [5, 5.41) is 13.5. The first kappa shape index (κ1) is 11.9. The number of benzene rings is 1. The molecule has 0 aromatic heterocycles. The number of hydrazine groups is 1. The first-order valence-electron chi connectivity index (χ1n) is 5.72. The Morgan fingerprint density at radius 3 is 2.24 bits per heavy atom. The summed E-state index contributed by atoms with van der Waals surface area (Å²) in [5.74, 6) is -0.273. The molecule has 2 rings (SSSR count). The zero-order valence-electron chi connectivity index (χ0n) is 10.6. The number of carbonyl (C=O) groups is 1. The van der Waals surface area contributed by atoms with Gasteiger partial charge in [-0.1, -0.05) is 17.7 Å². The van der Waals surface area contributed by atoms with Crippen LogP contribution in [-0.4, -0.2) is 34.7 Å². The lowest BCUT2D eigenvalue weighted by Gasteiger charge is -2.30. The molecule has 1 aromatic rings. The maximum absolute atomic E-state index is 11.9. The molecule has 0 bridgehead atoms. The predicted octanol–water partition coefficient (Wildman–Crippen LogP) is 1.33. The van der Waals surface area contributed by atoms with E-state index >= 15 is 0 Å². The number of rotatable bonds is 1. The number of likely N-dealkylation sites (N-methyl/N-ethyl adjacent to an activating group) is 1. The van der Waals surface area contributed by atoms with Crippen molar-refractivity contribution in [3.05, 3.63) is 29.8 Å². The minimum absolute atomic E-state index is 0.273. The summed E-state index contributed by atoms with van der Waals surface area (Å²) >= 11 is 0. The number of hydrogen-bond acceptors (Lipinski definition) is 3. The molecule has 1 heterocycles. The number of amides is 1. The van der Waals surface area contributed by atoms with Gasteiger partial charge in [-0.3, -0.25) is 14.8 Å². The third-order valence-corrected chi connectivity index (χ3v) is 3.53. The molecule has 1 amide bonds. The summed E-state index contributed by atoms with van der Waals surface area (Å²) in [5.41, 5.74) is 0.748. The Balaban J connectivity index is 2.40. The third kappa shape index (κ3) is 1.69. The van der Waals surface area contributed by atoms with Gasteiger partial charge in [0.25, 0.3) is 5.91 Å². The summed E-state index contributed by atoms with van der Waals surface area (Å²) in [6, 6.07) is 7.62. The Bertz CT molecular complexity index is 439. The van der Waals surface area contributed by atoms with E-state index in [0.29, 0.717) is 0 Å². The van der Waals surface area contributed by atoms with Gasteiger partial charge < -0.3 is 5.11 Å². The van der Waals surface area contributed by atoms with Crippen molar-refractivity contribution in [2.75, 3.05) is 12.1 Å². The first-order valence-corrected chi connectivity index (χ1v) is 5.72. The highest BCUT2D eigenvalue weighted by atomic mass is 16.3. The standard InChI is InChI=1S/C13H18N2O2/c1-9-5-7-11(8-6-9)15-10(2)13(3,17)12(16)14(15)4/h5-8,10,17H,1-4H3. The maximum Gasteiger partial charge on any atom is 0.274 e. The van der Waals surface area contributed by atoms with Crippen molar-refractivity contribution in [1.82, 2.24) is 5.01 Å². The van der Waals surface area contributed by atoms with Crippen LogP contribution in [0.25, 0.3) is 0 Å². The van der Waals surface area contributed by atoms with E-state index in [1.165, 1.54) is 10.6 Å². The third-order valence-electron chi connectivity index (χ3n) is 3.53. The number of nitrogens with zero attached hydrogens (tertiary/aromatic N) is 2. The van der Waals surface area contributed by atoms with Crippen LogP contribution in [0, 0.1) is 6.92 Å². The Hall–Kier alpha value is -1.55. The number of carbonyl (C=O) groups excluding carboxylic acids is 1. The highest BCUT2D eigenvalue weighted by Gasteiger charge is 2.51. The molecule has 1 N–H and O–H groups in total. The molecule has 4 nitrogen and oxygen atoms in total. The summed E-state index contributed by atoms with van der Waals surface area (Å²) < 4.78 is 0. The van der Waals surface area contributed by atoms with E-state index in [0.717, 1.165) is 5.69 Å². The van der Waals surface area contributed by atoms with Crippen LogP contribution in [0.1, 0.15) is 19.4 Å². The molecular formula is C13H18N2O2. The molecule has 1 saturated heterocycles. The molecule has 2 unspecified atom stereocenters. The summed E-state index contributed by atoms with van der Waals surface area (Å²) in [6.07, 6.45) is 0. The van der Waals surface area contributed by atoms with Gasteiger partial charge in [0.1, 0.15) is 0 Å². The van der Waals surface area contributed by atoms with E-state index in [1.54, 1.807) is 14.0 Å². The topological polar surface area (TPSA) is 43.8 Å². The fourth-order valence-corrected chi connectivity index (χ4v) is 2.20. The molecule has 17 heavy (non-hydrogen) atoms. The Morgan fingerprint density at radius 2 is 1.82 bits per heavy atom.